The summed E-state index contributed by atoms with van der Waals surface area (Å²) < 4.78 is 28.7. The van der Waals surface area contributed by atoms with Gasteiger partial charge in [0, 0.05) is 18.7 Å². The molecule has 0 saturated carbocycles. The van der Waals surface area contributed by atoms with E-state index < -0.39 is 10.0 Å². The van der Waals surface area contributed by atoms with Crippen molar-refractivity contribution in [3.8, 4) is 0 Å². The zero-order valence-electron chi connectivity index (χ0n) is 11.5. The summed E-state index contributed by atoms with van der Waals surface area (Å²) in [6.07, 6.45) is 3.42. The van der Waals surface area contributed by atoms with Crippen molar-refractivity contribution in [3.05, 3.63) is 41.5 Å². The Morgan fingerprint density at radius 2 is 1.70 bits per heavy atom. The molecular weight excluding hydrogens is 272 g/mol. The van der Waals surface area contributed by atoms with Gasteiger partial charge in [0.1, 0.15) is 10.7 Å². The fourth-order valence-electron chi connectivity index (χ4n) is 2.88. The van der Waals surface area contributed by atoms with E-state index >= 15 is 0 Å². The molecule has 3 rings (SSSR count). The number of rotatable bonds is 1. The van der Waals surface area contributed by atoms with Crippen molar-refractivity contribution in [2.45, 2.75) is 26.2 Å². The highest BCUT2D eigenvalue weighted by atomic mass is 32.2. The first-order valence-electron chi connectivity index (χ1n) is 6.96. The number of hydrogen-bond donors (Lipinski definition) is 0. The average Bonchev–Trinajstić information content (AvgIpc) is 2.71. The molecule has 1 aromatic rings. The van der Waals surface area contributed by atoms with Gasteiger partial charge in [-0.15, -0.1) is 4.40 Å². The summed E-state index contributed by atoms with van der Waals surface area (Å²) in [4.78, 5) is 2.46. The summed E-state index contributed by atoms with van der Waals surface area (Å²) in [5.74, 6) is 0.642. The van der Waals surface area contributed by atoms with Crippen LogP contribution in [0, 0.1) is 0 Å². The van der Waals surface area contributed by atoms with E-state index in [0.717, 1.165) is 37.1 Å². The van der Waals surface area contributed by atoms with E-state index in [9.17, 15) is 8.42 Å². The highest BCUT2D eigenvalue weighted by Crippen LogP contribution is 2.33. The zero-order valence-corrected chi connectivity index (χ0v) is 12.4. The molecule has 0 atom stereocenters. The fraction of sp³-hybridized carbons (Fsp3) is 0.400. The van der Waals surface area contributed by atoms with Crippen molar-refractivity contribution < 1.29 is 8.42 Å². The van der Waals surface area contributed by atoms with Crippen molar-refractivity contribution in [2.75, 3.05) is 13.1 Å². The van der Waals surface area contributed by atoms with Crippen LogP contribution < -0.4 is 0 Å². The maximum atomic E-state index is 12.4. The third kappa shape index (κ3) is 2.26. The molecule has 0 unspecified atom stereocenters. The highest BCUT2D eigenvalue weighted by Gasteiger charge is 2.33. The molecule has 1 aromatic carbocycles. The first-order valence-corrected chi connectivity index (χ1v) is 8.40. The zero-order chi connectivity index (χ0) is 14.2. The monoisotopic (exact) mass is 290 g/mol. The van der Waals surface area contributed by atoms with Gasteiger partial charge in [-0.05, 0) is 31.7 Å². The number of hydrogen-bond acceptors (Lipinski definition) is 3. The van der Waals surface area contributed by atoms with Gasteiger partial charge in [0.15, 0.2) is 0 Å². The van der Waals surface area contributed by atoms with E-state index in [1.54, 1.807) is 0 Å². The predicted octanol–water partition coefficient (Wildman–Crippen LogP) is 2.65. The first-order chi connectivity index (χ1) is 9.59. The van der Waals surface area contributed by atoms with Crippen LogP contribution in [0.1, 0.15) is 31.7 Å². The molecule has 5 heteroatoms. The number of amidine groups is 1. The molecule has 0 amide bonds. The van der Waals surface area contributed by atoms with Crippen LogP contribution in [-0.2, 0) is 10.0 Å². The molecule has 2 heterocycles. The molecular formula is C15H18N2O2S. The molecule has 0 N–H and O–H groups in total. The van der Waals surface area contributed by atoms with Crippen LogP contribution in [0.3, 0.4) is 0 Å². The van der Waals surface area contributed by atoms with Crippen molar-refractivity contribution in [1.82, 2.24) is 4.90 Å². The van der Waals surface area contributed by atoms with Crippen LogP contribution >= 0.6 is 0 Å². The van der Waals surface area contributed by atoms with Gasteiger partial charge in [-0.2, -0.15) is 8.42 Å². The van der Waals surface area contributed by atoms with Gasteiger partial charge in [-0.3, -0.25) is 0 Å². The number of likely N-dealkylation sites (tertiary alicyclic amines) is 1. The smallest absolute Gasteiger partial charge is 0.285 e. The van der Waals surface area contributed by atoms with E-state index in [4.69, 9.17) is 0 Å². The van der Waals surface area contributed by atoms with Crippen molar-refractivity contribution in [1.29, 1.82) is 0 Å². The Labute approximate surface area is 119 Å². The molecule has 20 heavy (non-hydrogen) atoms. The largest absolute Gasteiger partial charge is 0.356 e. The van der Waals surface area contributed by atoms with Crippen LogP contribution in [0.4, 0.5) is 0 Å². The molecule has 1 saturated heterocycles. The maximum absolute atomic E-state index is 12.4. The predicted molar refractivity (Wildman–Crippen MR) is 80.8 cm³/mol. The van der Waals surface area contributed by atoms with Gasteiger partial charge < -0.3 is 4.90 Å². The molecule has 0 bridgehead atoms. The van der Waals surface area contributed by atoms with Gasteiger partial charge >= 0.3 is 0 Å². The summed E-state index contributed by atoms with van der Waals surface area (Å²) in [6.45, 7) is 3.65. The number of piperidine rings is 1. The summed E-state index contributed by atoms with van der Waals surface area (Å²) in [6, 6.07) is 9.23. The Hall–Kier alpha value is -1.62. The van der Waals surface area contributed by atoms with Crippen LogP contribution in [0.5, 0.6) is 0 Å². The van der Waals surface area contributed by atoms with Gasteiger partial charge in [0.25, 0.3) is 10.0 Å². The van der Waals surface area contributed by atoms with Crippen molar-refractivity contribution >= 4 is 20.8 Å². The van der Waals surface area contributed by atoms with Gasteiger partial charge in [0.05, 0.1) is 0 Å². The lowest BCUT2D eigenvalue weighted by Crippen LogP contribution is -2.35. The van der Waals surface area contributed by atoms with Crippen LogP contribution in [0.15, 0.2) is 40.3 Å². The minimum atomic E-state index is -3.56. The quantitative estimate of drug-likeness (QED) is 0.799. The van der Waals surface area contributed by atoms with E-state index in [1.165, 1.54) is 6.42 Å². The van der Waals surface area contributed by atoms with E-state index in [0.29, 0.717) is 10.7 Å². The lowest BCUT2D eigenvalue weighted by Gasteiger charge is -2.28. The third-order valence-electron chi connectivity index (χ3n) is 3.83. The number of benzene rings is 1. The molecule has 106 valence electrons. The fourth-order valence-corrected chi connectivity index (χ4v) is 4.36. The first kappa shape index (κ1) is 13.4. The minimum Gasteiger partial charge on any atom is -0.356 e. The molecule has 0 radical (unpaired) electrons. The highest BCUT2D eigenvalue weighted by molar-refractivity contribution is 8.00. The lowest BCUT2D eigenvalue weighted by molar-refractivity contribution is 0.343. The lowest BCUT2D eigenvalue weighted by atomic mass is 10.1. The topological polar surface area (TPSA) is 49.7 Å². The van der Waals surface area contributed by atoms with Gasteiger partial charge in [0.2, 0.25) is 0 Å². The minimum absolute atomic E-state index is 0.360. The Balaban J connectivity index is 2.04. The normalized spacial score (nSPS) is 22.1. The summed E-state index contributed by atoms with van der Waals surface area (Å²) in [5, 5.41) is 0. The second-order valence-electron chi connectivity index (χ2n) is 5.26. The molecule has 1 fully saturated rings. The Morgan fingerprint density at radius 1 is 1.05 bits per heavy atom. The van der Waals surface area contributed by atoms with Gasteiger partial charge in [-0.25, -0.2) is 0 Å². The van der Waals surface area contributed by atoms with E-state index in [1.807, 2.05) is 37.3 Å². The van der Waals surface area contributed by atoms with Gasteiger partial charge in [-0.1, -0.05) is 30.3 Å². The molecule has 0 spiro atoms. The Bertz CT molecular complexity index is 669. The summed E-state index contributed by atoms with van der Waals surface area (Å²) >= 11 is 0. The van der Waals surface area contributed by atoms with E-state index in [2.05, 4.69) is 9.30 Å². The van der Waals surface area contributed by atoms with Crippen LogP contribution in [-0.4, -0.2) is 32.2 Å². The summed E-state index contributed by atoms with van der Waals surface area (Å²) in [5.41, 5.74) is 1.50. The van der Waals surface area contributed by atoms with Crippen LogP contribution in [0.25, 0.3) is 4.91 Å². The molecule has 2 aliphatic heterocycles. The maximum Gasteiger partial charge on any atom is 0.285 e. The molecule has 0 aliphatic carbocycles. The van der Waals surface area contributed by atoms with Crippen LogP contribution in [0.2, 0.25) is 0 Å². The molecule has 2 aliphatic rings. The Kier molecular flexibility index (Phi) is 3.38. The standard InChI is InChI=1S/C15H18N2O2S/c1-12-14(13-8-4-2-5-9-13)20(18,19)16-15(12)17-10-6-3-7-11-17/h2,4-5,8-9H,3,6-7,10-11H2,1H3. The Morgan fingerprint density at radius 3 is 2.35 bits per heavy atom. The SMILES string of the molecule is CC1=C(c2ccccc2)S(=O)(=O)N=C1N1CCCCC1. The van der Waals surface area contributed by atoms with E-state index in [-0.39, 0.29) is 0 Å². The number of nitrogens with zero attached hydrogens (tertiary/aromatic N) is 2. The average molecular weight is 290 g/mol. The second kappa shape index (κ2) is 5.05. The number of sulfonamides is 1. The molecule has 0 aromatic heterocycles. The summed E-state index contributed by atoms with van der Waals surface area (Å²) in [7, 11) is -3.56. The van der Waals surface area contributed by atoms with Crippen molar-refractivity contribution in [3.63, 3.8) is 0 Å². The van der Waals surface area contributed by atoms with Crippen molar-refractivity contribution in [2.24, 2.45) is 4.40 Å². The third-order valence-corrected chi connectivity index (χ3v) is 5.30. The second-order valence-corrected chi connectivity index (χ2v) is 6.80. The molecule has 4 nitrogen and oxygen atoms in total.